The van der Waals surface area contributed by atoms with Crippen molar-refractivity contribution >= 4 is 17.0 Å². The Bertz CT molecular complexity index is 585. The molecule has 5 heteroatoms. The van der Waals surface area contributed by atoms with E-state index >= 15 is 0 Å². The number of nitrogen functional groups attached to an aromatic ring is 1. The minimum absolute atomic E-state index is 0.127. The number of nitrogens with two attached hydrogens (primary N) is 1. The van der Waals surface area contributed by atoms with Crippen molar-refractivity contribution in [3.05, 3.63) is 23.8 Å². The molecule has 0 fully saturated rings. The highest BCUT2D eigenvalue weighted by atomic mass is 19.1. The Hall–Kier alpha value is -1.65. The summed E-state index contributed by atoms with van der Waals surface area (Å²) in [4.78, 5) is 4.01. The van der Waals surface area contributed by atoms with Gasteiger partial charge in [-0.3, -0.25) is 0 Å². The Morgan fingerprint density at radius 1 is 1.28 bits per heavy atom. The minimum atomic E-state index is -0.676. The van der Waals surface area contributed by atoms with Gasteiger partial charge in [-0.05, 0) is 19.8 Å². The van der Waals surface area contributed by atoms with Crippen LogP contribution in [0, 0.1) is 11.6 Å². The summed E-state index contributed by atoms with van der Waals surface area (Å²) >= 11 is 0. The fourth-order valence-electron chi connectivity index (χ4n) is 2.26. The molecule has 98 valence electrons. The van der Waals surface area contributed by atoms with Crippen molar-refractivity contribution < 1.29 is 8.78 Å². The average Bonchev–Trinajstić information content (AvgIpc) is 2.66. The number of hydrogen-bond acceptors (Lipinski definition) is 2. The molecule has 0 aliphatic heterocycles. The molecule has 0 radical (unpaired) electrons. The number of fused-ring (bicyclic) bond motifs is 1. The fourth-order valence-corrected chi connectivity index (χ4v) is 2.26. The van der Waals surface area contributed by atoms with Crippen LogP contribution in [0.2, 0.25) is 0 Å². The van der Waals surface area contributed by atoms with E-state index in [1.54, 1.807) is 4.57 Å². The molecular weight excluding hydrogens is 236 g/mol. The molecular formula is C13H17F2N3. The van der Waals surface area contributed by atoms with Crippen molar-refractivity contribution in [3.8, 4) is 0 Å². The lowest BCUT2D eigenvalue weighted by molar-refractivity contribution is 0.307. The molecule has 0 unspecified atom stereocenters. The van der Waals surface area contributed by atoms with E-state index in [9.17, 15) is 8.78 Å². The van der Waals surface area contributed by atoms with Crippen LogP contribution in [0.5, 0.6) is 0 Å². The second-order valence-electron chi connectivity index (χ2n) is 4.76. The van der Waals surface area contributed by atoms with Crippen LogP contribution in [0.3, 0.4) is 0 Å². The van der Waals surface area contributed by atoms with Gasteiger partial charge in [0.1, 0.15) is 11.3 Å². The van der Waals surface area contributed by atoms with Gasteiger partial charge >= 0.3 is 0 Å². The highest BCUT2D eigenvalue weighted by Crippen LogP contribution is 2.33. The lowest BCUT2D eigenvalue weighted by Gasteiger charge is -2.30. The maximum Gasteiger partial charge on any atom is 0.201 e. The zero-order valence-electron chi connectivity index (χ0n) is 10.8. The van der Waals surface area contributed by atoms with Gasteiger partial charge in [0.25, 0.3) is 0 Å². The molecule has 1 heterocycles. The number of rotatable bonds is 3. The van der Waals surface area contributed by atoms with Crippen molar-refractivity contribution in [2.45, 2.75) is 39.2 Å². The molecule has 1 aromatic heterocycles. The fraction of sp³-hybridized carbons (Fsp3) is 0.462. The monoisotopic (exact) mass is 253 g/mol. The molecule has 0 atom stereocenters. The second-order valence-corrected chi connectivity index (χ2v) is 4.76. The predicted molar refractivity (Wildman–Crippen MR) is 68.3 cm³/mol. The molecule has 0 bridgehead atoms. The van der Waals surface area contributed by atoms with E-state index in [0.29, 0.717) is 5.52 Å². The number of hydrogen-bond donors (Lipinski definition) is 1. The highest BCUT2D eigenvalue weighted by molar-refractivity contribution is 5.79. The Morgan fingerprint density at radius 3 is 2.44 bits per heavy atom. The van der Waals surface area contributed by atoms with Gasteiger partial charge in [0.15, 0.2) is 5.82 Å². The molecule has 0 spiro atoms. The van der Waals surface area contributed by atoms with Crippen molar-refractivity contribution in [2.24, 2.45) is 0 Å². The number of anilines is 1. The molecule has 0 aliphatic carbocycles. The quantitative estimate of drug-likeness (QED) is 0.910. The van der Waals surface area contributed by atoms with E-state index in [1.165, 1.54) is 6.07 Å². The van der Waals surface area contributed by atoms with Crippen LogP contribution < -0.4 is 5.73 Å². The normalized spacial score (nSPS) is 12.3. The maximum absolute atomic E-state index is 13.7. The zero-order chi connectivity index (χ0) is 13.5. The minimum Gasteiger partial charge on any atom is -0.369 e. The first-order valence-electron chi connectivity index (χ1n) is 6.06. The van der Waals surface area contributed by atoms with E-state index in [4.69, 9.17) is 5.73 Å². The van der Waals surface area contributed by atoms with Gasteiger partial charge in [0, 0.05) is 17.7 Å². The van der Waals surface area contributed by atoms with Gasteiger partial charge in [-0.25, -0.2) is 13.8 Å². The summed E-state index contributed by atoms with van der Waals surface area (Å²) in [6.45, 7) is 6.04. The first-order valence-corrected chi connectivity index (χ1v) is 6.06. The van der Waals surface area contributed by atoms with E-state index < -0.39 is 11.6 Å². The van der Waals surface area contributed by atoms with Crippen LogP contribution in [0.25, 0.3) is 11.0 Å². The summed E-state index contributed by atoms with van der Waals surface area (Å²) in [6.07, 6.45) is 1.61. The van der Waals surface area contributed by atoms with Crippen LogP contribution in [0.15, 0.2) is 12.1 Å². The van der Waals surface area contributed by atoms with Gasteiger partial charge in [-0.1, -0.05) is 13.8 Å². The first kappa shape index (κ1) is 12.8. The van der Waals surface area contributed by atoms with Crippen LogP contribution in [-0.4, -0.2) is 9.55 Å². The zero-order valence-corrected chi connectivity index (χ0v) is 10.8. The second kappa shape index (κ2) is 4.23. The predicted octanol–water partition coefficient (Wildman–Crippen LogP) is 3.43. The smallest absolute Gasteiger partial charge is 0.201 e. The van der Waals surface area contributed by atoms with Gasteiger partial charge in [0.05, 0.1) is 5.52 Å². The molecule has 18 heavy (non-hydrogen) atoms. The molecule has 3 nitrogen and oxygen atoms in total. The van der Waals surface area contributed by atoms with Gasteiger partial charge < -0.3 is 10.3 Å². The Labute approximate surface area is 105 Å². The molecule has 0 amide bonds. The summed E-state index contributed by atoms with van der Waals surface area (Å²) < 4.78 is 28.8. The van der Waals surface area contributed by atoms with Crippen molar-refractivity contribution in [1.29, 1.82) is 0 Å². The van der Waals surface area contributed by atoms with Gasteiger partial charge in [-0.15, -0.1) is 0 Å². The number of nitrogens with zero attached hydrogens (tertiary/aromatic N) is 2. The number of aromatic nitrogens is 2. The standard InChI is InChI=1S/C13H17F2N3/c1-4-13(3,5-2)18-10-7-8(14)6-9(15)11(10)17-12(18)16/h6-7H,4-5H2,1-3H3,(H2,16,17). The maximum atomic E-state index is 13.7. The molecule has 2 aromatic rings. The van der Waals surface area contributed by atoms with Crippen LogP contribution in [0.4, 0.5) is 14.7 Å². The number of benzene rings is 1. The summed E-state index contributed by atoms with van der Waals surface area (Å²) in [5.74, 6) is -1.07. The lowest BCUT2D eigenvalue weighted by Crippen LogP contribution is -2.29. The molecule has 2 N–H and O–H groups in total. The highest BCUT2D eigenvalue weighted by Gasteiger charge is 2.27. The van der Waals surface area contributed by atoms with Crippen LogP contribution in [-0.2, 0) is 5.54 Å². The Balaban J connectivity index is 2.82. The number of halogens is 2. The van der Waals surface area contributed by atoms with Crippen LogP contribution >= 0.6 is 0 Å². The summed E-state index contributed by atoms with van der Waals surface area (Å²) in [5, 5.41) is 0. The molecule has 0 aliphatic rings. The van der Waals surface area contributed by atoms with E-state index in [1.807, 2.05) is 20.8 Å². The molecule has 2 rings (SSSR count). The lowest BCUT2D eigenvalue weighted by atomic mass is 9.95. The van der Waals surface area contributed by atoms with Crippen molar-refractivity contribution in [2.75, 3.05) is 5.73 Å². The average molecular weight is 253 g/mol. The summed E-state index contributed by atoms with van der Waals surface area (Å²) in [5.41, 5.74) is 6.12. The topological polar surface area (TPSA) is 43.8 Å². The number of imidazole rings is 1. The van der Waals surface area contributed by atoms with E-state index in [-0.39, 0.29) is 17.0 Å². The third-order valence-corrected chi connectivity index (χ3v) is 3.77. The van der Waals surface area contributed by atoms with Gasteiger partial charge in [-0.2, -0.15) is 0 Å². The molecule has 1 aromatic carbocycles. The Morgan fingerprint density at radius 2 is 1.89 bits per heavy atom. The van der Waals surface area contributed by atoms with Crippen molar-refractivity contribution in [3.63, 3.8) is 0 Å². The largest absolute Gasteiger partial charge is 0.369 e. The molecule has 0 saturated heterocycles. The SMILES string of the molecule is CCC(C)(CC)n1c(N)nc2c(F)cc(F)cc21. The van der Waals surface area contributed by atoms with Crippen molar-refractivity contribution in [1.82, 2.24) is 9.55 Å². The third kappa shape index (κ3) is 1.74. The Kier molecular flexibility index (Phi) is 3.00. The first-order chi connectivity index (χ1) is 8.42. The van der Waals surface area contributed by atoms with Crippen LogP contribution in [0.1, 0.15) is 33.6 Å². The summed E-state index contributed by atoms with van der Waals surface area (Å²) in [6, 6.07) is 2.11. The third-order valence-electron chi connectivity index (χ3n) is 3.77. The van der Waals surface area contributed by atoms with Gasteiger partial charge in [0.2, 0.25) is 5.95 Å². The molecule has 0 saturated carbocycles. The van der Waals surface area contributed by atoms with E-state index in [2.05, 4.69) is 4.98 Å². The van der Waals surface area contributed by atoms with E-state index in [0.717, 1.165) is 18.9 Å². The summed E-state index contributed by atoms with van der Waals surface area (Å²) in [7, 11) is 0.